The average molecular weight is 382 g/mol. The lowest BCUT2D eigenvalue weighted by molar-refractivity contribution is -0.0954. The number of hydrogen-bond donors (Lipinski definition) is 2. The highest BCUT2D eigenvalue weighted by Gasteiger charge is 2.46. The lowest BCUT2D eigenvalue weighted by Crippen LogP contribution is -2.49. The molecule has 2 aliphatic rings. The first-order chi connectivity index (χ1) is 12.0. The van der Waals surface area contributed by atoms with E-state index < -0.39 is 0 Å². The summed E-state index contributed by atoms with van der Waals surface area (Å²) in [5, 5.41) is 17.4. The van der Waals surface area contributed by atoms with Crippen molar-refractivity contribution in [3.05, 3.63) is 38.3 Å². The Morgan fingerprint density at radius 1 is 1.52 bits per heavy atom. The van der Waals surface area contributed by atoms with Gasteiger partial charge in [-0.3, -0.25) is 4.68 Å². The van der Waals surface area contributed by atoms with Crippen LogP contribution in [0.15, 0.2) is 12.3 Å². The van der Waals surface area contributed by atoms with Crippen LogP contribution in [0.1, 0.15) is 47.5 Å². The SMILES string of the molecule is Cc1nn(CCO)cc1[C@@H]1C[C@]2(C[C@H](C)N1)OCCc1cc(Cl)sc12. The molecule has 1 saturated heterocycles. The fraction of sp³-hybridized carbons (Fsp3) is 0.611. The molecular formula is C18H24ClN3O2S. The van der Waals surface area contributed by atoms with Crippen LogP contribution in [-0.2, 0) is 23.3 Å². The first-order valence-corrected chi connectivity index (χ1v) is 10.0. The van der Waals surface area contributed by atoms with E-state index in [-0.39, 0.29) is 18.2 Å². The lowest BCUT2D eigenvalue weighted by atomic mass is 9.78. The molecule has 25 heavy (non-hydrogen) atoms. The third kappa shape index (κ3) is 3.15. The molecule has 5 nitrogen and oxygen atoms in total. The maximum atomic E-state index is 9.17. The van der Waals surface area contributed by atoms with Crippen LogP contribution in [0.4, 0.5) is 0 Å². The number of halogens is 1. The summed E-state index contributed by atoms with van der Waals surface area (Å²) in [6, 6.07) is 2.63. The first-order valence-electron chi connectivity index (χ1n) is 8.84. The normalized spacial score (nSPS) is 29.1. The van der Waals surface area contributed by atoms with Gasteiger partial charge in [-0.2, -0.15) is 5.10 Å². The van der Waals surface area contributed by atoms with Gasteiger partial charge in [0.05, 0.1) is 29.8 Å². The van der Waals surface area contributed by atoms with Crippen molar-refractivity contribution in [3.8, 4) is 0 Å². The van der Waals surface area contributed by atoms with Crippen LogP contribution < -0.4 is 5.32 Å². The Kier molecular flexibility index (Phi) is 4.67. The maximum absolute atomic E-state index is 9.17. The molecule has 3 atom stereocenters. The second-order valence-corrected chi connectivity index (χ2v) is 8.87. The van der Waals surface area contributed by atoms with Crippen LogP contribution in [0.2, 0.25) is 4.34 Å². The number of rotatable bonds is 3. The number of fused-ring (bicyclic) bond motifs is 2. The number of aromatic nitrogens is 2. The lowest BCUT2D eigenvalue weighted by Gasteiger charge is -2.46. The fourth-order valence-corrected chi connectivity index (χ4v) is 5.82. The second-order valence-electron chi connectivity index (χ2n) is 7.18. The van der Waals surface area contributed by atoms with E-state index in [0.717, 1.165) is 35.9 Å². The summed E-state index contributed by atoms with van der Waals surface area (Å²) in [4.78, 5) is 1.31. The highest BCUT2D eigenvalue weighted by atomic mass is 35.5. The predicted molar refractivity (Wildman–Crippen MR) is 99.3 cm³/mol. The molecule has 2 aromatic rings. The zero-order valence-electron chi connectivity index (χ0n) is 14.6. The van der Waals surface area contributed by atoms with Crippen molar-refractivity contribution in [2.75, 3.05) is 13.2 Å². The number of hydrogen-bond acceptors (Lipinski definition) is 5. The Labute approximate surface area is 156 Å². The molecule has 7 heteroatoms. The minimum absolute atomic E-state index is 0.0964. The highest BCUT2D eigenvalue weighted by molar-refractivity contribution is 7.16. The van der Waals surface area contributed by atoms with E-state index in [4.69, 9.17) is 16.3 Å². The number of aryl methyl sites for hydroxylation is 1. The van der Waals surface area contributed by atoms with Crippen molar-refractivity contribution in [3.63, 3.8) is 0 Å². The van der Waals surface area contributed by atoms with E-state index in [1.165, 1.54) is 16.0 Å². The highest BCUT2D eigenvalue weighted by Crippen LogP contribution is 2.50. The molecule has 136 valence electrons. The molecule has 0 saturated carbocycles. The molecule has 0 amide bonds. The van der Waals surface area contributed by atoms with E-state index in [0.29, 0.717) is 12.6 Å². The van der Waals surface area contributed by atoms with Crippen LogP contribution in [0.3, 0.4) is 0 Å². The summed E-state index contributed by atoms with van der Waals surface area (Å²) in [6.07, 6.45) is 4.84. The van der Waals surface area contributed by atoms with Crippen molar-refractivity contribution in [2.24, 2.45) is 0 Å². The van der Waals surface area contributed by atoms with Gasteiger partial charge in [-0.05, 0) is 38.3 Å². The number of thiophene rings is 1. The van der Waals surface area contributed by atoms with Gasteiger partial charge in [-0.1, -0.05) is 11.6 Å². The number of piperidine rings is 1. The number of nitrogens with zero attached hydrogens (tertiary/aromatic N) is 2. The van der Waals surface area contributed by atoms with Crippen LogP contribution in [0.25, 0.3) is 0 Å². The zero-order valence-corrected chi connectivity index (χ0v) is 16.2. The Hall–Kier alpha value is -0.920. The number of ether oxygens (including phenoxy) is 1. The van der Waals surface area contributed by atoms with Gasteiger partial charge in [0.1, 0.15) is 5.60 Å². The Balaban J connectivity index is 1.69. The summed E-state index contributed by atoms with van der Waals surface area (Å²) in [5.74, 6) is 0. The third-order valence-corrected chi connectivity index (χ3v) is 6.78. The Morgan fingerprint density at radius 2 is 2.36 bits per heavy atom. The predicted octanol–water partition coefficient (Wildman–Crippen LogP) is 3.18. The topological polar surface area (TPSA) is 59.3 Å². The molecule has 1 fully saturated rings. The minimum Gasteiger partial charge on any atom is -0.394 e. The van der Waals surface area contributed by atoms with E-state index in [2.05, 4.69) is 29.6 Å². The van der Waals surface area contributed by atoms with Crippen molar-refractivity contribution in [1.29, 1.82) is 0 Å². The van der Waals surface area contributed by atoms with Gasteiger partial charge in [0.2, 0.25) is 0 Å². The van der Waals surface area contributed by atoms with E-state index in [9.17, 15) is 5.11 Å². The second kappa shape index (κ2) is 6.67. The van der Waals surface area contributed by atoms with Crippen LogP contribution in [0.5, 0.6) is 0 Å². The molecule has 2 aromatic heterocycles. The van der Waals surface area contributed by atoms with Gasteiger partial charge in [-0.25, -0.2) is 0 Å². The number of nitrogens with one attached hydrogen (secondary N) is 1. The zero-order chi connectivity index (χ0) is 17.6. The summed E-state index contributed by atoms with van der Waals surface area (Å²) in [5.41, 5.74) is 3.29. The fourth-order valence-electron chi connectivity index (χ4n) is 4.35. The Bertz CT molecular complexity index is 774. The average Bonchev–Trinajstić information content (AvgIpc) is 3.10. The van der Waals surface area contributed by atoms with Crippen molar-refractivity contribution < 1.29 is 9.84 Å². The summed E-state index contributed by atoms with van der Waals surface area (Å²) in [6.45, 7) is 5.62. The molecule has 0 aromatic carbocycles. The quantitative estimate of drug-likeness (QED) is 0.857. The van der Waals surface area contributed by atoms with Gasteiger partial charge >= 0.3 is 0 Å². The van der Waals surface area contributed by atoms with Crippen LogP contribution in [-0.4, -0.2) is 34.1 Å². The van der Waals surface area contributed by atoms with Gasteiger partial charge < -0.3 is 15.2 Å². The molecule has 0 unspecified atom stereocenters. The van der Waals surface area contributed by atoms with Gasteiger partial charge in [0.15, 0.2) is 0 Å². The standard InChI is InChI=1S/C18H24ClN3O2S/c1-11-8-18(17-13(3-6-24-18)7-16(19)25-17)9-15(20-11)14-10-22(4-5-23)21-12(14)2/h7,10-11,15,20,23H,3-6,8-9H2,1-2H3/t11-,15-,18-/m0/s1. The molecule has 0 bridgehead atoms. The summed E-state index contributed by atoms with van der Waals surface area (Å²) in [7, 11) is 0. The molecule has 0 aliphatic carbocycles. The molecular weight excluding hydrogens is 358 g/mol. The van der Waals surface area contributed by atoms with Gasteiger partial charge in [0.25, 0.3) is 0 Å². The van der Waals surface area contributed by atoms with Crippen LogP contribution >= 0.6 is 22.9 Å². The number of aliphatic hydroxyl groups is 1. The van der Waals surface area contributed by atoms with Crippen molar-refractivity contribution >= 4 is 22.9 Å². The monoisotopic (exact) mass is 381 g/mol. The molecule has 2 aliphatic heterocycles. The molecule has 4 heterocycles. The smallest absolute Gasteiger partial charge is 0.106 e. The van der Waals surface area contributed by atoms with E-state index in [1.807, 2.05) is 11.6 Å². The molecule has 1 spiro atoms. The molecule has 0 radical (unpaired) electrons. The maximum Gasteiger partial charge on any atom is 0.106 e. The van der Waals surface area contributed by atoms with Gasteiger partial charge in [0, 0.05) is 35.1 Å². The minimum atomic E-state index is -0.258. The molecule has 4 rings (SSSR count). The van der Waals surface area contributed by atoms with Gasteiger partial charge in [-0.15, -0.1) is 11.3 Å². The summed E-state index contributed by atoms with van der Waals surface area (Å²) < 4.78 is 9.09. The van der Waals surface area contributed by atoms with E-state index >= 15 is 0 Å². The largest absolute Gasteiger partial charge is 0.394 e. The van der Waals surface area contributed by atoms with E-state index in [1.54, 1.807) is 11.3 Å². The van der Waals surface area contributed by atoms with Crippen molar-refractivity contribution in [1.82, 2.24) is 15.1 Å². The number of aliphatic hydroxyl groups excluding tert-OH is 1. The van der Waals surface area contributed by atoms with Crippen LogP contribution in [0, 0.1) is 6.92 Å². The Morgan fingerprint density at radius 3 is 3.16 bits per heavy atom. The summed E-state index contributed by atoms with van der Waals surface area (Å²) >= 11 is 7.99. The molecule has 2 N–H and O–H groups in total. The van der Waals surface area contributed by atoms with Crippen molar-refractivity contribution in [2.45, 2.75) is 57.3 Å². The third-order valence-electron chi connectivity index (χ3n) is 5.29. The first kappa shape index (κ1) is 17.5.